The summed E-state index contributed by atoms with van der Waals surface area (Å²) in [6.07, 6.45) is 0. The highest BCUT2D eigenvalue weighted by molar-refractivity contribution is 6.27. The Balaban J connectivity index is 2.21. The molecule has 90 valence electrons. The summed E-state index contributed by atoms with van der Waals surface area (Å²) in [6, 6.07) is 5.72. The van der Waals surface area contributed by atoms with Gasteiger partial charge in [0, 0.05) is 20.5 Å². The molecule has 1 amide bonds. The van der Waals surface area contributed by atoms with Crippen molar-refractivity contribution < 1.29 is 9.21 Å². The molecule has 0 aliphatic heterocycles. The third-order valence-electron chi connectivity index (χ3n) is 2.52. The summed E-state index contributed by atoms with van der Waals surface area (Å²) in [5.74, 6) is 0.544. The number of halogens is 1. The molecule has 2 rings (SSSR count). The third-order valence-corrected chi connectivity index (χ3v) is 2.75. The second kappa shape index (κ2) is 4.75. The van der Waals surface area contributed by atoms with Gasteiger partial charge in [0.2, 0.25) is 5.91 Å². The maximum Gasteiger partial charge on any atom is 0.237 e. The number of rotatable bonds is 3. The smallest absolute Gasteiger partial charge is 0.237 e. The molecule has 0 atom stereocenters. The van der Waals surface area contributed by atoms with Crippen LogP contribution in [-0.2, 0) is 11.3 Å². The van der Waals surface area contributed by atoms with Crippen molar-refractivity contribution in [3.8, 4) is 0 Å². The Kier molecular flexibility index (Phi) is 3.33. The van der Waals surface area contributed by atoms with Gasteiger partial charge in [-0.25, -0.2) is 4.98 Å². The van der Waals surface area contributed by atoms with Crippen LogP contribution in [0, 0.1) is 6.92 Å². The van der Waals surface area contributed by atoms with Crippen LogP contribution in [0.2, 0.25) is 0 Å². The number of hydrogen-bond donors (Lipinski definition) is 0. The highest BCUT2D eigenvalue weighted by Gasteiger charge is 2.09. The van der Waals surface area contributed by atoms with E-state index in [4.69, 9.17) is 16.0 Å². The molecule has 17 heavy (non-hydrogen) atoms. The number of oxazole rings is 1. The fourth-order valence-electron chi connectivity index (χ4n) is 1.65. The number of carbonyl (C=O) groups excluding carboxylic acids is 1. The summed E-state index contributed by atoms with van der Waals surface area (Å²) in [5, 5.41) is 0. The van der Waals surface area contributed by atoms with E-state index in [1.165, 1.54) is 0 Å². The van der Waals surface area contributed by atoms with Gasteiger partial charge in [0.15, 0.2) is 11.5 Å². The molecular weight excluding hydrogens is 240 g/mol. The fourth-order valence-corrected chi connectivity index (χ4v) is 1.85. The van der Waals surface area contributed by atoms with Crippen LogP contribution in [0.15, 0.2) is 22.6 Å². The zero-order chi connectivity index (χ0) is 12.4. The molecule has 0 aliphatic rings. The molecule has 4 nitrogen and oxygen atoms in total. The first-order valence-electron chi connectivity index (χ1n) is 5.26. The number of carbonyl (C=O) groups is 1. The number of aryl methyl sites for hydroxylation is 1. The minimum Gasteiger partial charge on any atom is -0.441 e. The van der Waals surface area contributed by atoms with Gasteiger partial charge in [-0.05, 0) is 17.7 Å². The van der Waals surface area contributed by atoms with Crippen LogP contribution in [0.25, 0.3) is 11.1 Å². The molecule has 0 bridgehead atoms. The van der Waals surface area contributed by atoms with Gasteiger partial charge in [0.1, 0.15) is 11.4 Å². The van der Waals surface area contributed by atoms with Gasteiger partial charge in [-0.1, -0.05) is 6.07 Å². The fraction of sp³-hybridized carbons (Fsp3) is 0.333. The first kappa shape index (κ1) is 11.9. The number of amides is 1. The van der Waals surface area contributed by atoms with Crippen molar-refractivity contribution in [1.29, 1.82) is 0 Å². The van der Waals surface area contributed by atoms with Crippen LogP contribution in [0.1, 0.15) is 11.5 Å². The van der Waals surface area contributed by atoms with Gasteiger partial charge in [-0.15, -0.1) is 11.6 Å². The summed E-state index contributed by atoms with van der Waals surface area (Å²) in [6.45, 7) is 2.32. The Morgan fingerprint density at radius 3 is 3.00 bits per heavy atom. The SMILES string of the molecule is Cc1nc2ccc(CN(C)C(=O)CCl)cc2o1. The maximum atomic E-state index is 11.3. The predicted octanol–water partition coefficient (Wildman–Crippen LogP) is 2.33. The minimum absolute atomic E-state index is 0.000159. The molecular formula is C12H13ClN2O2. The van der Waals surface area contributed by atoms with E-state index in [0.29, 0.717) is 12.4 Å². The zero-order valence-electron chi connectivity index (χ0n) is 9.74. The minimum atomic E-state index is -0.0967. The zero-order valence-corrected chi connectivity index (χ0v) is 10.5. The first-order valence-corrected chi connectivity index (χ1v) is 5.79. The number of hydrogen-bond acceptors (Lipinski definition) is 3. The summed E-state index contributed by atoms with van der Waals surface area (Å²) >= 11 is 5.49. The maximum absolute atomic E-state index is 11.3. The van der Waals surface area contributed by atoms with E-state index in [1.54, 1.807) is 11.9 Å². The molecule has 0 radical (unpaired) electrons. The molecule has 0 N–H and O–H groups in total. The lowest BCUT2D eigenvalue weighted by Crippen LogP contribution is -2.26. The highest BCUT2D eigenvalue weighted by Crippen LogP contribution is 2.17. The molecule has 1 aromatic heterocycles. The molecule has 0 unspecified atom stereocenters. The van der Waals surface area contributed by atoms with Gasteiger partial charge >= 0.3 is 0 Å². The second-order valence-electron chi connectivity index (χ2n) is 3.92. The average Bonchev–Trinajstić information content (AvgIpc) is 2.67. The number of alkyl halides is 1. The predicted molar refractivity (Wildman–Crippen MR) is 65.9 cm³/mol. The van der Waals surface area contributed by atoms with Gasteiger partial charge < -0.3 is 9.32 Å². The van der Waals surface area contributed by atoms with Crippen LogP contribution in [0.5, 0.6) is 0 Å². The van der Waals surface area contributed by atoms with Crippen LogP contribution in [0.4, 0.5) is 0 Å². The summed E-state index contributed by atoms with van der Waals surface area (Å²) in [4.78, 5) is 17.1. The van der Waals surface area contributed by atoms with Crippen molar-refractivity contribution in [1.82, 2.24) is 9.88 Å². The van der Waals surface area contributed by atoms with E-state index in [0.717, 1.165) is 16.7 Å². The number of fused-ring (bicyclic) bond motifs is 1. The number of nitrogens with zero attached hydrogens (tertiary/aromatic N) is 2. The van der Waals surface area contributed by atoms with Crippen molar-refractivity contribution in [2.45, 2.75) is 13.5 Å². The Hall–Kier alpha value is -1.55. The van der Waals surface area contributed by atoms with Crippen LogP contribution in [-0.4, -0.2) is 28.7 Å². The second-order valence-corrected chi connectivity index (χ2v) is 4.19. The van der Waals surface area contributed by atoms with E-state index >= 15 is 0 Å². The molecule has 5 heteroatoms. The van der Waals surface area contributed by atoms with E-state index in [1.807, 2.05) is 25.1 Å². The van der Waals surface area contributed by atoms with Crippen LogP contribution < -0.4 is 0 Å². The molecule has 0 aliphatic carbocycles. The molecule has 2 aromatic rings. The van der Waals surface area contributed by atoms with Crippen molar-refractivity contribution in [3.05, 3.63) is 29.7 Å². The van der Waals surface area contributed by atoms with Gasteiger partial charge in [-0.2, -0.15) is 0 Å². The Bertz CT molecular complexity index is 550. The molecule has 0 fully saturated rings. The summed E-state index contributed by atoms with van der Waals surface area (Å²) < 4.78 is 5.44. The lowest BCUT2D eigenvalue weighted by atomic mass is 10.2. The quantitative estimate of drug-likeness (QED) is 0.788. The van der Waals surface area contributed by atoms with Crippen LogP contribution >= 0.6 is 11.6 Å². The number of benzene rings is 1. The summed E-state index contributed by atoms with van der Waals surface area (Å²) in [5.41, 5.74) is 2.57. The van der Waals surface area contributed by atoms with Crippen molar-refractivity contribution in [2.75, 3.05) is 12.9 Å². The first-order chi connectivity index (χ1) is 8.10. The van der Waals surface area contributed by atoms with Crippen LogP contribution in [0.3, 0.4) is 0 Å². The normalized spacial score (nSPS) is 10.8. The van der Waals surface area contributed by atoms with Crippen molar-refractivity contribution in [2.24, 2.45) is 0 Å². The Labute approximate surface area is 104 Å². The van der Waals surface area contributed by atoms with E-state index in [9.17, 15) is 4.79 Å². The monoisotopic (exact) mass is 252 g/mol. The topological polar surface area (TPSA) is 46.3 Å². The van der Waals surface area contributed by atoms with Crippen molar-refractivity contribution in [3.63, 3.8) is 0 Å². The van der Waals surface area contributed by atoms with Gasteiger partial charge in [-0.3, -0.25) is 4.79 Å². The lowest BCUT2D eigenvalue weighted by molar-refractivity contribution is -0.127. The third kappa shape index (κ3) is 2.58. The number of aromatic nitrogens is 1. The van der Waals surface area contributed by atoms with Gasteiger partial charge in [0.05, 0.1) is 0 Å². The summed E-state index contributed by atoms with van der Waals surface area (Å²) in [7, 11) is 1.72. The molecule has 0 saturated heterocycles. The molecule has 0 saturated carbocycles. The molecule has 1 heterocycles. The Morgan fingerprint density at radius 2 is 2.29 bits per heavy atom. The van der Waals surface area contributed by atoms with E-state index < -0.39 is 0 Å². The molecule has 0 spiro atoms. The van der Waals surface area contributed by atoms with Gasteiger partial charge in [0.25, 0.3) is 0 Å². The van der Waals surface area contributed by atoms with E-state index in [2.05, 4.69) is 4.98 Å². The lowest BCUT2D eigenvalue weighted by Gasteiger charge is -2.15. The highest BCUT2D eigenvalue weighted by atomic mass is 35.5. The van der Waals surface area contributed by atoms with E-state index in [-0.39, 0.29) is 11.8 Å². The largest absolute Gasteiger partial charge is 0.441 e. The molecule has 1 aromatic carbocycles. The van der Waals surface area contributed by atoms with Crippen molar-refractivity contribution >= 4 is 28.6 Å². The average molecular weight is 253 g/mol. The Morgan fingerprint density at radius 1 is 1.53 bits per heavy atom. The standard InChI is InChI=1S/C12H13ClN2O2/c1-8-14-10-4-3-9(5-11(10)17-8)7-15(2)12(16)6-13/h3-5H,6-7H2,1-2H3.